The van der Waals surface area contributed by atoms with Crippen LogP contribution in [0.4, 0.5) is 14.5 Å². The second kappa shape index (κ2) is 10.9. The molecule has 2 N–H and O–H groups in total. The number of hydrogen-bond donors (Lipinski definition) is 1. The molecule has 1 aliphatic carbocycles. The van der Waals surface area contributed by atoms with Crippen LogP contribution in [0.2, 0.25) is 23.2 Å². The van der Waals surface area contributed by atoms with Crippen molar-refractivity contribution in [2.45, 2.75) is 76.2 Å². The molecule has 43 heavy (non-hydrogen) atoms. The Morgan fingerprint density at radius 2 is 1.86 bits per heavy atom. The number of carbonyl (C=O) groups excluding carboxylic acids is 2. The van der Waals surface area contributed by atoms with E-state index in [2.05, 4.69) is 25.8 Å². The number of nitrogen functional groups attached to an aromatic ring is 1. The number of pyridine rings is 2. The van der Waals surface area contributed by atoms with E-state index in [1.54, 1.807) is 6.07 Å². The van der Waals surface area contributed by atoms with Crippen molar-refractivity contribution in [3.05, 3.63) is 80.5 Å². The van der Waals surface area contributed by atoms with Gasteiger partial charge in [0.2, 0.25) is 5.78 Å². The van der Waals surface area contributed by atoms with Crippen LogP contribution in [-0.4, -0.2) is 36.2 Å². The van der Waals surface area contributed by atoms with Crippen LogP contribution in [0.5, 0.6) is 0 Å². The fourth-order valence-electron chi connectivity index (χ4n) is 5.26. The molecule has 1 saturated carbocycles. The molecule has 0 saturated heterocycles. The normalized spacial score (nSPS) is 17.2. The third-order valence-corrected chi connectivity index (χ3v) is 13.8. The van der Waals surface area contributed by atoms with Crippen molar-refractivity contribution in [3.8, 4) is 11.1 Å². The van der Waals surface area contributed by atoms with E-state index < -0.39 is 55.3 Å². The molecule has 1 spiro atoms. The average Bonchev–Trinajstić information content (AvgIpc) is 3.64. The molecule has 3 aromatic rings. The number of ketones is 1. The highest BCUT2D eigenvalue weighted by Gasteiger charge is 2.55. The predicted molar refractivity (Wildman–Crippen MR) is 162 cm³/mol. The minimum Gasteiger partial charge on any atom is -0.456 e. The predicted octanol–water partition coefficient (Wildman–Crippen LogP) is 6.35. The maximum Gasteiger partial charge on any atom is 0.329 e. The van der Waals surface area contributed by atoms with Crippen molar-refractivity contribution in [1.29, 1.82) is 0 Å². The van der Waals surface area contributed by atoms with Crippen molar-refractivity contribution in [2.24, 2.45) is 0 Å². The number of ether oxygens (including phenoxy) is 1. The van der Waals surface area contributed by atoms with Crippen LogP contribution in [-0.2, 0) is 26.0 Å². The third-order valence-electron chi connectivity index (χ3n) is 9.03. The summed E-state index contributed by atoms with van der Waals surface area (Å²) in [6, 6.07) is 5.93. The molecule has 0 radical (unpaired) electrons. The van der Waals surface area contributed by atoms with E-state index in [0.717, 1.165) is 12.8 Å². The summed E-state index contributed by atoms with van der Waals surface area (Å²) in [5.74, 6) is -3.07. The number of esters is 1. The molecule has 0 amide bonds. The molecule has 0 bridgehead atoms. The van der Waals surface area contributed by atoms with E-state index in [-0.39, 0.29) is 44.7 Å². The van der Waals surface area contributed by atoms with Crippen molar-refractivity contribution in [3.63, 3.8) is 0 Å². The highest BCUT2D eigenvalue weighted by Crippen LogP contribution is 2.58. The van der Waals surface area contributed by atoms with Gasteiger partial charge in [-0.1, -0.05) is 32.4 Å². The Labute approximate surface area is 254 Å². The van der Waals surface area contributed by atoms with Gasteiger partial charge in [-0.2, -0.15) is 0 Å². The van der Waals surface area contributed by atoms with Crippen LogP contribution in [0.15, 0.2) is 41.3 Å². The minimum absolute atomic E-state index is 0.00142. The topological polar surface area (TPSA) is 114 Å². The summed E-state index contributed by atoms with van der Waals surface area (Å²) in [6.07, 6.45) is 3.08. The lowest BCUT2D eigenvalue weighted by Crippen LogP contribution is -2.40. The lowest BCUT2D eigenvalue weighted by molar-refractivity contribution is -0.146. The quantitative estimate of drug-likeness (QED) is 0.134. The molecule has 12 heteroatoms. The van der Waals surface area contributed by atoms with Crippen molar-refractivity contribution < 1.29 is 27.5 Å². The van der Waals surface area contributed by atoms with Crippen molar-refractivity contribution in [2.75, 3.05) is 12.3 Å². The van der Waals surface area contributed by atoms with E-state index in [4.69, 9.17) is 26.5 Å². The fourth-order valence-corrected chi connectivity index (χ4v) is 6.35. The van der Waals surface area contributed by atoms with Crippen molar-refractivity contribution in [1.82, 2.24) is 9.55 Å². The summed E-state index contributed by atoms with van der Waals surface area (Å²) < 4.78 is 42.9. The molecule has 1 unspecified atom stereocenters. The molecule has 2 aliphatic rings. The van der Waals surface area contributed by atoms with Crippen LogP contribution in [0.25, 0.3) is 11.1 Å². The first-order valence-corrected chi connectivity index (χ1v) is 17.3. The number of nitrogens with two attached hydrogens (primary N) is 1. The number of fused-ring (bicyclic) bond motifs is 2. The van der Waals surface area contributed by atoms with Gasteiger partial charge in [-0.15, -0.1) is 0 Å². The Kier molecular flexibility index (Phi) is 7.89. The number of hydrogen-bond acceptors (Lipinski definition) is 7. The molecule has 1 aliphatic heterocycles. The minimum atomic E-state index is -2.19. The summed E-state index contributed by atoms with van der Waals surface area (Å²) in [7, 11) is -2.19. The first-order chi connectivity index (χ1) is 20.1. The van der Waals surface area contributed by atoms with Gasteiger partial charge >= 0.3 is 5.97 Å². The van der Waals surface area contributed by atoms with E-state index >= 15 is 4.39 Å². The number of rotatable bonds is 8. The number of halogens is 3. The maximum atomic E-state index is 15.3. The average molecular weight is 630 g/mol. The summed E-state index contributed by atoms with van der Waals surface area (Å²) in [5.41, 5.74) is 5.78. The van der Waals surface area contributed by atoms with Crippen LogP contribution in [0.3, 0.4) is 0 Å². The Balaban J connectivity index is 1.33. The van der Waals surface area contributed by atoms with E-state index in [9.17, 15) is 18.8 Å². The van der Waals surface area contributed by atoms with Gasteiger partial charge in [0.1, 0.15) is 11.7 Å². The SMILES string of the molecule is CC(C)(C)[Si](C)(C)OCc1nccc(C(=O)COC(=O)C2CC3(CC3)c3cc(-c4c(N)ccc(Cl)c4F)cc(=O)n32)c1F. The molecule has 228 valence electrons. The Bertz CT molecular complexity index is 1700. The number of nitrogens with zero attached hydrogens (tertiary/aromatic N) is 2. The standard InChI is InChI=1S/C31H34ClF2N3O5Si/c1-30(2,3)43(4,5)42-15-21-27(33)18(8-11-36-21)23(38)16-41-29(40)22-14-31(9-10-31)24-12-17(13-25(39)37(22)24)26-20(35)7-6-19(32)28(26)34/h6-8,11-13,22H,9-10,14-16,35H2,1-5H3. The lowest BCUT2D eigenvalue weighted by atomic mass is 9.96. The van der Waals surface area contributed by atoms with E-state index in [0.29, 0.717) is 12.1 Å². The largest absolute Gasteiger partial charge is 0.456 e. The second-order valence-corrected chi connectivity index (χ2v) is 18.1. The zero-order valence-electron chi connectivity index (χ0n) is 24.7. The number of Topliss-reactive ketones (excluding diaryl/α,β-unsaturated/α-hetero) is 1. The molecular weight excluding hydrogens is 596 g/mol. The van der Waals surface area contributed by atoms with Crippen LogP contribution in [0.1, 0.15) is 67.8 Å². The van der Waals surface area contributed by atoms with Gasteiger partial charge in [-0.05, 0) is 67.2 Å². The molecule has 5 rings (SSSR count). The van der Waals surface area contributed by atoms with Crippen LogP contribution >= 0.6 is 11.6 Å². The Morgan fingerprint density at radius 1 is 1.16 bits per heavy atom. The van der Waals surface area contributed by atoms with E-state index in [1.165, 1.54) is 35.0 Å². The van der Waals surface area contributed by atoms with Gasteiger partial charge in [-0.3, -0.25) is 19.1 Å². The van der Waals surface area contributed by atoms with Gasteiger partial charge < -0.3 is 14.9 Å². The monoisotopic (exact) mass is 629 g/mol. The first kappa shape index (κ1) is 31.0. The fraction of sp³-hybridized carbons (Fsp3) is 0.419. The smallest absolute Gasteiger partial charge is 0.329 e. The molecule has 2 aromatic heterocycles. The summed E-state index contributed by atoms with van der Waals surface area (Å²) in [4.78, 5) is 43.5. The van der Waals surface area contributed by atoms with Gasteiger partial charge in [0, 0.05) is 34.6 Å². The van der Waals surface area contributed by atoms with Crippen molar-refractivity contribution >= 4 is 37.4 Å². The summed E-state index contributed by atoms with van der Waals surface area (Å²) in [5, 5.41) is -0.219. The summed E-state index contributed by atoms with van der Waals surface area (Å²) >= 11 is 5.96. The second-order valence-electron chi connectivity index (χ2n) is 12.9. The summed E-state index contributed by atoms with van der Waals surface area (Å²) in [6.45, 7) is 9.46. The van der Waals surface area contributed by atoms with Crippen LogP contribution in [0, 0.1) is 11.6 Å². The molecule has 8 nitrogen and oxygen atoms in total. The highest BCUT2D eigenvalue weighted by molar-refractivity contribution is 6.74. The molecule has 1 atom stereocenters. The van der Waals surface area contributed by atoms with Gasteiger partial charge in [-0.25, -0.2) is 13.6 Å². The van der Waals surface area contributed by atoms with E-state index in [1.807, 2.05) is 13.1 Å². The van der Waals surface area contributed by atoms with Gasteiger partial charge in [0.15, 0.2) is 26.6 Å². The Hall–Kier alpha value is -3.41. The molecule has 1 aromatic carbocycles. The lowest BCUT2D eigenvalue weighted by Gasteiger charge is -2.36. The van der Waals surface area contributed by atoms with Gasteiger partial charge in [0.25, 0.3) is 5.56 Å². The molecule has 3 heterocycles. The van der Waals surface area contributed by atoms with Gasteiger partial charge in [0.05, 0.1) is 17.2 Å². The number of benzene rings is 1. The number of aromatic nitrogens is 2. The zero-order chi connectivity index (χ0) is 31.5. The maximum absolute atomic E-state index is 15.3. The zero-order valence-corrected chi connectivity index (χ0v) is 26.5. The molecular formula is C31H34ClF2N3O5Si. The van der Waals surface area contributed by atoms with Crippen LogP contribution < -0.4 is 11.3 Å². The first-order valence-electron chi connectivity index (χ1n) is 14.0. The third kappa shape index (κ3) is 5.65. The number of anilines is 1. The Morgan fingerprint density at radius 3 is 2.51 bits per heavy atom. The highest BCUT2D eigenvalue weighted by atomic mass is 35.5. The number of carbonyl (C=O) groups is 2. The molecule has 1 fully saturated rings.